The second-order valence-corrected chi connectivity index (χ2v) is 5.08. The standard InChI is InChI=1S/C13H14BrFN4O2/c1-21-13(20)12-10(5-6-16)19(18-17-12)7-8-3-2-4-9(15)11(8)14/h2-4H,5-7,16H2,1H3. The molecule has 2 rings (SSSR count). The van der Waals surface area contributed by atoms with Gasteiger partial charge in [-0.25, -0.2) is 13.9 Å². The third-order valence-electron chi connectivity index (χ3n) is 2.95. The molecule has 0 unspecified atom stereocenters. The molecule has 0 spiro atoms. The largest absolute Gasteiger partial charge is 0.464 e. The molecule has 0 amide bonds. The smallest absolute Gasteiger partial charge is 0.360 e. The van der Waals surface area contributed by atoms with Gasteiger partial charge in [0.15, 0.2) is 5.69 Å². The number of ether oxygens (including phenoxy) is 1. The van der Waals surface area contributed by atoms with E-state index in [1.54, 1.807) is 12.1 Å². The van der Waals surface area contributed by atoms with Crippen LogP contribution in [-0.2, 0) is 17.7 Å². The fraction of sp³-hybridized carbons (Fsp3) is 0.308. The number of carbonyl (C=O) groups is 1. The summed E-state index contributed by atoms with van der Waals surface area (Å²) >= 11 is 3.20. The number of hydrogen-bond acceptors (Lipinski definition) is 5. The van der Waals surface area contributed by atoms with E-state index in [-0.39, 0.29) is 18.1 Å². The second kappa shape index (κ2) is 6.77. The summed E-state index contributed by atoms with van der Waals surface area (Å²) in [6.45, 7) is 0.610. The summed E-state index contributed by atoms with van der Waals surface area (Å²) < 4.78 is 20.1. The van der Waals surface area contributed by atoms with Gasteiger partial charge in [-0.15, -0.1) is 5.10 Å². The number of methoxy groups -OCH3 is 1. The van der Waals surface area contributed by atoms with E-state index in [1.165, 1.54) is 17.9 Å². The number of aromatic nitrogens is 3. The molecule has 21 heavy (non-hydrogen) atoms. The van der Waals surface area contributed by atoms with Crippen LogP contribution in [0.3, 0.4) is 0 Å². The monoisotopic (exact) mass is 356 g/mol. The number of hydrogen-bond donors (Lipinski definition) is 1. The van der Waals surface area contributed by atoms with Gasteiger partial charge in [-0.3, -0.25) is 0 Å². The summed E-state index contributed by atoms with van der Waals surface area (Å²) in [6.07, 6.45) is 0.421. The van der Waals surface area contributed by atoms with Crippen LogP contribution in [0.1, 0.15) is 21.7 Å². The maximum Gasteiger partial charge on any atom is 0.360 e. The first-order valence-corrected chi connectivity index (χ1v) is 7.01. The molecule has 0 radical (unpaired) electrons. The Morgan fingerprint density at radius 2 is 2.29 bits per heavy atom. The van der Waals surface area contributed by atoms with Crippen molar-refractivity contribution in [2.75, 3.05) is 13.7 Å². The van der Waals surface area contributed by atoms with E-state index in [1.807, 2.05) is 0 Å². The average molecular weight is 357 g/mol. The molecule has 1 aromatic heterocycles. The van der Waals surface area contributed by atoms with Crippen molar-refractivity contribution in [3.8, 4) is 0 Å². The minimum Gasteiger partial charge on any atom is -0.464 e. The number of nitrogens with zero attached hydrogens (tertiary/aromatic N) is 3. The molecule has 0 aliphatic heterocycles. The molecular formula is C13H14BrFN4O2. The molecule has 0 bridgehead atoms. The zero-order valence-electron chi connectivity index (χ0n) is 11.3. The van der Waals surface area contributed by atoms with Crippen LogP contribution >= 0.6 is 15.9 Å². The number of carbonyl (C=O) groups excluding carboxylic acids is 1. The molecule has 0 atom stereocenters. The molecule has 2 N–H and O–H groups in total. The van der Waals surface area contributed by atoms with E-state index in [0.29, 0.717) is 28.7 Å². The Morgan fingerprint density at radius 1 is 1.52 bits per heavy atom. The molecule has 2 aromatic rings. The van der Waals surface area contributed by atoms with Crippen LogP contribution in [0.4, 0.5) is 4.39 Å². The van der Waals surface area contributed by atoms with Crippen LogP contribution in [0.5, 0.6) is 0 Å². The summed E-state index contributed by atoms with van der Waals surface area (Å²) in [4.78, 5) is 11.6. The number of halogens is 2. The number of rotatable bonds is 5. The van der Waals surface area contributed by atoms with Crippen LogP contribution in [0.15, 0.2) is 22.7 Å². The summed E-state index contributed by atoms with van der Waals surface area (Å²) in [5.74, 6) is -0.927. The predicted molar refractivity (Wildman–Crippen MR) is 77.3 cm³/mol. The van der Waals surface area contributed by atoms with Crippen molar-refractivity contribution in [3.63, 3.8) is 0 Å². The Hall–Kier alpha value is -1.80. The molecule has 1 aromatic carbocycles. The summed E-state index contributed by atoms with van der Waals surface area (Å²) in [5, 5.41) is 7.76. The lowest BCUT2D eigenvalue weighted by molar-refractivity contribution is 0.0592. The van der Waals surface area contributed by atoms with Crippen LogP contribution < -0.4 is 5.73 Å². The van der Waals surface area contributed by atoms with Crippen molar-refractivity contribution in [2.24, 2.45) is 5.73 Å². The molecule has 0 saturated heterocycles. The highest BCUT2D eigenvalue weighted by Gasteiger charge is 2.20. The lowest BCUT2D eigenvalue weighted by Crippen LogP contribution is -2.15. The van der Waals surface area contributed by atoms with Gasteiger partial charge in [0.1, 0.15) is 5.82 Å². The lowest BCUT2D eigenvalue weighted by atomic mass is 10.2. The minimum absolute atomic E-state index is 0.135. The molecule has 8 heteroatoms. The zero-order valence-corrected chi connectivity index (χ0v) is 12.9. The fourth-order valence-corrected chi connectivity index (χ4v) is 2.32. The van der Waals surface area contributed by atoms with Gasteiger partial charge in [0, 0.05) is 6.42 Å². The van der Waals surface area contributed by atoms with Gasteiger partial charge in [0.25, 0.3) is 0 Å². The molecule has 112 valence electrons. The SMILES string of the molecule is COC(=O)c1nnn(Cc2cccc(F)c2Br)c1CCN. The van der Waals surface area contributed by atoms with Gasteiger partial charge in [-0.1, -0.05) is 17.3 Å². The van der Waals surface area contributed by atoms with Crippen molar-refractivity contribution >= 4 is 21.9 Å². The van der Waals surface area contributed by atoms with E-state index in [2.05, 4.69) is 31.0 Å². The summed E-state index contributed by atoms with van der Waals surface area (Å²) in [6, 6.07) is 4.73. The Bertz CT molecular complexity index is 660. The number of nitrogens with two attached hydrogens (primary N) is 1. The molecule has 0 fully saturated rings. The van der Waals surface area contributed by atoms with Gasteiger partial charge < -0.3 is 10.5 Å². The van der Waals surface area contributed by atoms with Crippen LogP contribution in [0, 0.1) is 5.82 Å². The fourth-order valence-electron chi connectivity index (χ4n) is 1.93. The van der Waals surface area contributed by atoms with E-state index in [0.717, 1.165) is 0 Å². The Kier molecular flexibility index (Phi) is 5.03. The highest BCUT2D eigenvalue weighted by molar-refractivity contribution is 9.10. The number of esters is 1. The van der Waals surface area contributed by atoms with Crippen molar-refractivity contribution in [1.82, 2.24) is 15.0 Å². The molecule has 0 aliphatic carbocycles. The quantitative estimate of drug-likeness (QED) is 0.821. The minimum atomic E-state index is -0.567. The summed E-state index contributed by atoms with van der Waals surface area (Å²) in [5.41, 5.74) is 6.95. The predicted octanol–water partition coefficient (Wildman–Crippen LogP) is 1.52. The topological polar surface area (TPSA) is 83.0 Å². The van der Waals surface area contributed by atoms with Crippen LogP contribution in [0.2, 0.25) is 0 Å². The molecule has 0 saturated carbocycles. The van der Waals surface area contributed by atoms with Crippen molar-refractivity contribution in [3.05, 3.63) is 45.4 Å². The summed E-state index contributed by atoms with van der Waals surface area (Å²) in [7, 11) is 1.27. The highest BCUT2D eigenvalue weighted by Crippen LogP contribution is 2.22. The van der Waals surface area contributed by atoms with E-state index in [9.17, 15) is 9.18 Å². The average Bonchev–Trinajstić information content (AvgIpc) is 2.86. The third kappa shape index (κ3) is 3.27. The normalized spacial score (nSPS) is 10.7. The second-order valence-electron chi connectivity index (χ2n) is 4.29. The Morgan fingerprint density at radius 3 is 2.95 bits per heavy atom. The first kappa shape index (κ1) is 15.6. The van der Waals surface area contributed by atoms with Crippen molar-refractivity contribution in [1.29, 1.82) is 0 Å². The lowest BCUT2D eigenvalue weighted by Gasteiger charge is -2.08. The van der Waals surface area contributed by atoms with E-state index in [4.69, 9.17) is 5.73 Å². The van der Waals surface area contributed by atoms with E-state index >= 15 is 0 Å². The van der Waals surface area contributed by atoms with Crippen molar-refractivity contribution in [2.45, 2.75) is 13.0 Å². The van der Waals surface area contributed by atoms with Gasteiger partial charge in [-0.2, -0.15) is 0 Å². The maximum absolute atomic E-state index is 13.5. The van der Waals surface area contributed by atoms with Gasteiger partial charge in [-0.05, 0) is 34.1 Å². The Balaban J connectivity index is 2.38. The number of benzene rings is 1. The Labute approximate surface area is 129 Å². The maximum atomic E-state index is 13.5. The van der Waals surface area contributed by atoms with Crippen LogP contribution in [0.25, 0.3) is 0 Å². The van der Waals surface area contributed by atoms with Crippen molar-refractivity contribution < 1.29 is 13.9 Å². The van der Waals surface area contributed by atoms with Gasteiger partial charge in [0.05, 0.1) is 23.8 Å². The molecule has 1 heterocycles. The van der Waals surface area contributed by atoms with Crippen LogP contribution in [-0.4, -0.2) is 34.6 Å². The van der Waals surface area contributed by atoms with Gasteiger partial charge >= 0.3 is 5.97 Å². The molecular weight excluding hydrogens is 343 g/mol. The zero-order chi connectivity index (χ0) is 15.4. The highest BCUT2D eigenvalue weighted by atomic mass is 79.9. The molecule has 0 aliphatic rings. The third-order valence-corrected chi connectivity index (χ3v) is 3.84. The molecule has 6 nitrogen and oxygen atoms in total. The van der Waals surface area contributed by atoms with E-state index < -0.39 is 5.97 Å². The van der Waals surface area contributed by atoms with Gasteiger partial charge in [0.2, 0.25) is 0 Å². The first-order chi connectivity index (χ1) is 10.1. The first-order valence-electron chi connectivity index (χ1n) is 6.22.